The normalized spacial score (nSPS) is 32.9. The fourth-order valence-electron chi connectivity index (χ4n) is 7.24. The topological polar surface area (TPSA) is 117 Å². The summed E-state index contributed by atoms with van der Waals surface area (Å²) in [5.74, 6) is -3.83. The minimum absolute atomic E-state index is 0.0995. The molecule has 242 valence electrons. The van der Waals surface area contributed by atoms with Crippen molar-refractivity contribution in [2.75, 3.05) is 25.1 Å². The number of hydrogen-bond acceptors (Lipinski definition) is 7. The fourth-order valence-corrected chi connectivity index (χ4v) is 7.37. The van der Waals surface area contributed by atoms with Crippen LogP contribution in [-0.4, -0.2) is 88.6 Å². The number of fused-ring (bicyclic) bond motifs is 2. The second-order valence-corrected chi connectivity index (χ2v) is 12.9. The lowest BCUT2D eigenvalue weighted by atomic mass is 9.77. The van der Waals surface area contributed by atoms with Gasteiger partial charge in [-0.3, -0.25) is 19.2 Å². The third-order valence-corrected chi connectivity index (χ3v) is 10.00. The summed E-state index contributed by atoms with van der Waals surface area (Å²) < 4.78 is 13.0. The molecule has 0 radical (unpaired) electrons. The Hall–Kier alpha value is -3.99. The van der Waals surface area contributed by atoms with Crippen molar-refractivity contribution in [3.8, 4) is 0 Å². The summed E-state index contributed by atoms with van der Waals surface area (Å²) in [5.41, 5.74) is -0.228. The first-order valence-corrected chi connectivity index (χ1v) is 16.0. The van der Waals surface area contributed by atoms with E-state index in [0.29, 0.717) is 22.7 Å². The molecule has 2 aromatic rings. The minimum atomic E-state index is -1.52. The average Bonchev–Trinajstić information content (AvgIpc) is 3.46. The van der Waals surface area contributed by atoms with Crippen molar-refractivity contribution >= 4 is 41.0 Å². The zero-order valence-corrected chi connectivity index (χ0v) is 26.7. The van der Waals surface area contributed by atoms with Crippen molar-refractivity contribution < 1.29 is 33.8 Å². The number of hydrogen-bond donors (Lipinski definition) is 1. The van der Waals surface area contributed by atoms with E-state index in [2.05, 4.69) is 0 Å². The number of amides is 3. The Balaban J connectivity index is 1.45. The molecule has 0 aliphatic carbocycles. The summed E-state index contributed by atoms with van der Waals surface area (Å²) >= 11 is 6.12. The summed E-state index contributed by atoms with van der Waals surface area (Å²) in [6.07, 6.45) is 5.91. The maximum atomic E-state index is 14.5. The number of rotatable bonds is 4. The first-order valence-electron chi connectivity index (χ1n) is 15.6. The Morgan fingerprint density at radius 1 is 1.02 bits per heavy atom. The van der Waals surface area contributed by atoms with Gasteiger partial charge >= 0.3 is 5.97 Å². The molecule has 4 aliphatic rings. The molecule has 6 rings (SSSR count). The first-order chi connectivity index (χ1) is 22.1. The van der Waals surface area contributed by atoms with Crippen LogP contribution in [0.5, 0.6) is 0 Å². The number of nitrogens with zero attached hydrogens (tertiary/aromatic N) is 3. The van der Waals surface area contributed by atoms with Crippen LogP contribution in [0.1, 0.15) is 38.4 Å². The van der Waals surface area contributed by atoms with E-state index in [4.69, 9.17) is 21.1 Å². The van der Waals surface area contributed by atoms with Crippen molar-refractivity contribution in [1.29, 1.82) is 0 Å². The van der Waals surface area contributed by atoms with Crippen molar-refractivity contribution in [1.82, 2.24) is 9.80 Å². The molecule has 3 amide bonds. The summed E-state index contributed by atoms with van der Waals surface area (Å²) in [7, 11) is 1.69. The fraction of sp³-hybridized carbons (Fsp3) is 0.429. The van der Waals surface area contributed by atoms with E-state index in [9.17, 15) is 24.3 Å². The molecule has 4 aliphatic heterocycles. The monoisotopic (exact) mass is 647 g/mol. The van der Waals surface area contributed by atoms with Gasteiger partial charge in [-0.2, -0.15) is 0 Å². The van der Waals surface area contributed by atoms with Gasteiger partial charge in [0.05, 0.1) is 30.7 Å². The van der Waals surface area contributed by atoms with Crippen LogP contribution in [0.3, 0.4) is 0 Å². The van der Waals surface area contributed by atoms with Gasteiger partial charge in [0.1, 0.15) is 23.7 Å². The van der Waals surface area contributed by atoms with Gasteiger partial charge < -0.3 is 29.3 Å². The highest BCUT2D eigenvalue weighted by Gasteiger charge is 2.72. The molecule has 2 saturated heterocycles. The molecular weight excluding hydrogens is 610 g/mol. The van der Waals surface area contributed by atoms with E-state index in [-0.39, 0.29) is 18.9 Å². The van der Waals surface area contributed by atoms with Crippen LogP contribution in [0.15, 0.2) is 78.9 Å². The summed E-state index contributed by atoms with van der Waals surface area (Å²) in [6, 6.07) is 13.6. The molecular formula is C35H38ClN3O7. The van der Waals surface area contributed by atoms with Gasteiger partial charge in [0.2, 0.25) is 11.8 Å². The van der Waals surface area contributed by atoms with Crippen LogP contribution in [0, 0.1) is 11.8 Å². The highest BCUT2D eigenvalue weighted by Crippen LogP contribution is 2.54. The maximum absolute atomic E-state index is 14.5. The summed E-state index contributed by atoms with van der Waals surface area (Å²) in [6.45, 7) is 3.29. The Labute approximate surface area is 273 Å². The smallest absolute Gasteiger partial charge is 0.313 e. The minimum Gasteiger partial charge on any atom is -0.455 e. The number of halogens is 1. The van der Waals surface area contributed by atoms with Crippen molar-refractivity contribution in [3.63, 3.8) is 0 Å². The van der Waals surface area contributed by atoms with Crippen LogP contribution >= 0.6 is 11.6 Å². The lowest BCUT2D eigenvalue weighted by Crippen LogP contribution is -2.57. The molecule has 0 unspecified atom stereocenters. The predicted molar refractivity (Wildman–Crippen MR) is 171 cm³/mol. The Kier molecular flexibility index (Phi) is 8.80. The van der Waals surface area contributed by atoms with Gasteiger partial charge in [-0.05, 0) is 50.1 Å². The molecule has 0 saturated carbocycles. The van der Waals surface area contributed by atoms with Gasteiger partial charge in [-0.15, -0.1) is 0 Å². The number of aliphatic hydroxyl groups excluding tert-OH is 1. The molecule has 4 heterocycles. The second kappa shape index (κ2) is 12.7. The highest BCUT2D eigenvalue weighted by atomic mass is 35.5. The molecule has 1 N–H and O–H groups in total. The number of likely N-dealkylation sites (N-methyl/N-ethyl adjacent to an activating group) is 1. The quantitative estimate of drug-likeness (QED) is 0.398. The molecule has 2 aromatic carbocycles. The number of esters is 1. The van der Waals surface area contributed by atoms with E-state index in [1.54, 1.807) is 72.3 Å². The van der Waals surface area contributed by atoms with Gasteiger partial charge in [0.25, 0.3) is 5.91 Å². The molecule has 46 heavy (non-hydrogen) atoms. The molecule has 0 bridgehead atoms. The third-order valence-electron chi connectivity index (χ3n) is 9.75. The number of likely N-dealkylation sites (tertiary alicyclic amines) is 1. The van der Waals surface area contributed by atoms with Crippen molar-refractivity contribution in [3.05, 3.63) is 89.5 Å². The number of carbonyl (C=O) groups is 4. The van der Waals surface area contributed by atoms with Crippen LogP contribution in [-0.2, 0) is 28.7 Å². The number of allylic oxidation sites excluding steroid dienone is 1. The van der Waals surface area contributed by atoms with E-state index in [1.165, 1.54) is 4.90 Å². The van der Waals surface area contributed by atoms with E-state index < -0.39 is 72.2 Å². The predicted octanol–water partition coefficient (Wildman–Crippen LogP) is 3.69. The standard InChI is InChI=1S/C35H38ClN3O7/c1-21(20-40)39-31-33(43)38(25-16-14-24(36)15-17-25)19-9-18-35(31)29(32(39)42)28-26(46-35)12-7-8-13-27(41)37(3)22(2)30(45-34(28)44)23-10-5-4-6-11-23/h4-7,9-12,14-18,21-22,26,28-31,40H,8,13,19-20H2,1-3H3/b12-7-/t21-,22-,26-,28+,29+,30+,31-,35+/m1/s1. The number of aliphatic hydroxyl groups is 1. The Morgan fingerprint density at radius 3 is 2.43 bits per heavy atom. The zero-order valence-electron chi connectivity index (χ0n) is 26.0. The molecule has 0 aromatic heterocycles. The third kappa shape index (κ3) is 5.32. The number of anilines is 1. The second-order valence-electron chi connectivity index (χ2n) is 12.4. The van der Waals surface area contributed by atoms with Crippen LogP contribution in [0.4, 0.5) is 5.69 Å². The number of cyclic esters (lactones) is 1. The average molecular weight is 648 g/mol. The van der Waals surface area contributed by atoms with Crippen molar-refractivity contribution in [2.24, 2.45) is 11.8 Å². The van der Waals surface area contributed by atoms with Crippen LogP contribution in [0.2, 0.25) is 5.02 Å². The van der Waals surface area contributed by atoms with Crippen LogP contribution < -0.4 is 4.90 Å². The number of carbonyl (C=O) groups excluding carboxylic acids is 4. The Morgan fingerprint density at radius 2 is 1.74 bits per heavy atom. The van der Waals surface area contributed by atoms with Gasteiger partial charge in [0, 0.05) is 30.7 Å². The summed E-state index contributed by atoms with van der Waals surface area (Å²) in [5, 5.41) is 10.7. The van der Waals surface area contributed by atoms with E-state index in [0.717, 1.165) is 0 Å². The maximum Gasteiger partial charge on any atom is 0.313 e. The SMILES string of the molecule is C[C@@H]1[C@@H](c2ccccc2)OC(=O)[C@@H]2[C@H]3C(=O)N([C@H](C)CO)[C@@H]4C(=O)N(c5ccc(Cl)cc5)CC=C[C@]34O[C@@H]2/C=C\CCC(=O)N1C. The van der Waals surface area contributed by atoms with Gasteiger partial charge in [0.15, 0.2) is 0 Å². The first kappa shape index (κ1) is 32.0. The zero-order chi connectivity index (χ0) is 32.7. The molecule has 10 nitrogen and oxygen atoms in total. The largest absolute Gasteiger partial charge is 0.455 e. The Bertz CT molecular complexity index is 1560. The van der Waals surface area contributed by atoms with Crippen molar-refractivity contribution in [2.45, 2.75) is 62.6 Å². The van der Waals surface area contributed by atoms with Gasteiger partial charge in [-0.1, -0.05) is 66.2 Å². The van der Waals surface area contributed by atoms with Gasteiger partial charge in [-0.25, -0.2) is 0 Å². The lowest BCUT2D eigenvalue weighted by molar-refractivity contribution is -0.164. The molecule has 8 atom stereocenters. The molecule has 1 spiro atoms. The molecule has 2 fully saturated rings. The molecule has 11 heteroatoms. The van der Waals surface area contributed by atoms with E-state index >= 15 is 0 Å². The highest BCUT2D eigenvalue weighted by molar-refractivity contribution is 6.30. The van der Waals surface area contributed by atoms with Crippen LogP contribution in [0.25, 0.3) is 0 Å². The number of benzene rings is 2. The lowest BCUT2D eigenvalue weighted by Gasteiger charge is -2.37. The van der Waals surface area contributed by atoms with E-state index in [1.807, 2.05) is 37.3 Å². The number of ether oxygens (including phenoxy) is 2. The summed E-state index contributed by atoms with van der Waals surface area (Å²) in [4.78, 5) is 61.0.